The van der Waals surface area contributed by atoms with Gasteiger partial charge in [0.1, 0.15) is 0 Å². The van der Waals surface area contributed by atoms with Crippen molar-refractivity contribution in [2.45, 2.75) is 38.5 Å². The number of nitrogens with one attached hydrogen (secondary N) is 1. The van der Waals surface area contributed by atoms with Gasteiger partial charge in [0.05, 0.1) is 12.7 Å². The first-order valence-electron chi connectivity index (χ1n) is 7.22. The lowest BCUT2D eigenvalue weighted by atomic mass is 10.0. The Morgan fingerprint density at radius 1 is 1.16 bits per heavy atom. The summed E-state index contributed by atoms with van der Waals surface area (Å²) in [6, 6.07) is 7.51. The molecule has 0 aliphatic heterocycles. The van der Waals surface area contributed by atoms with Crippen molar-refractivity contribution in [1.29, 1.82) is 0 Å². The van der Waals surface area contributed by atoms with Crippen LogP contribution in [0, 0.1) is 5.92 Å². The second-order valence-electron chi connectivity index (χ2n) is 5.31. The Hall–Kier alpha value is -1.51. The van der Waals surface area contributed by atoms with E-state index in [9.17, 15) is 4.79 Å². The summed E-state index contributed by atoms with van der Waals surface area (Å²) in [6.45, 7) is 1.04. The number of benzene rings is 1. The first-order chi connectivity index (χ1) is 9.29. The quantitative estimate of drug-likeness (QED) is 0.660. The number of hydrogen-bond donors (Lipinski definition) is 1. The van der Waals surface area contributed by atoms with Crippen LogP contribution in [0.3, 0.4) is 0 Å². The summed E-state index contributed by atoms with van der Waals surface area (Å²) in [7, 11) is 1.40. The summed E-state index contributed by atoms with van der Waals surface area (Å²) in [5.41, 5.74) is 1.68. The normalized spacial score (nSPS) is 16.7. The molecule has 0 radical (unpaired) electrons. The summed E-state index contributed by atoms with van der Waals surface area (Å²) >= 11 is 0. The monoisotopic (exact) mass is 261 g/mol. The smallest absolute Gasteiger partial charge is 0.337 e. The first kappa shape index (κ1) is 13.9. The molecule has 104 valence electrons. The number of methoxy groups -OCH3 is 1. The number of carbonyl (C=O) groups excluding carboxylic acids is 1. The Bertz CT molecular complexity index is 392. The maximum Gasteiger partial charge on any atom is 0.337 e. The molecule has 3 nitrogen and oxygen atoms in total. The van der Waals surface area contributed by atoms with Crippen molar-refractivity contribution >= 4 is 11.7 Å². The predicted octanol–water partition coefficient (Wildman–Crippen LogP) is 3.86. The van der Waals surface area contributed by atoms with Crippen molar-refractivity contribution in [1.82, 2.24) is 0 Å². The minimum atomic E-state index is -0.282. The van der Waals surface area contributed by atoms with E-state index in [0.29, 0.717) is 5.56 Å². The van der Waals surface area contributed by atoms with Crippen LogP contribution in [0.1, 0.15) is 48.9 Å². The van der Waals surface area contributed by atoms with E-state index in [-0.39, 0.29) is 5.97 Å². The Kier molecular flexibility index (Phi) is 5.25. The third kappa shape index (κ3) is 4.27. The highest BCUT2D eigenvalue weighted by molar-refractivity contribution is 5.89. The molecule has 1 aliphatic carbocycles. The molecule has 0 aromatic heterocycles. The van der Waals surface area contributed by atoms with Crippen LogP contribution in [0.15, 0.2) is 24.3 Å². The van der Waals surface area contributed by atoms with Crippen LogP contribution in [0.2, 0.25) is 0 Å². The Balaban J connectivity index is 1.83. The molecule has 0 spiro atoms. The van der Waals surface area contributed by atoms with Gasteiger partial charge in [-0.2, -0.15) is 0 Å². The molecular formula is C16H23NO2. The average Bonchev–Trinajstić information content (AvgIpc) is 2.73. The van der Waals surface area contributed by atoms with E-state index < -0.39 is 0 Å². The molecule has 1 aromatic rings. The fourth-order valence-electron chi connectivity index (χ4n) is 2.67. The lowest BCUT2D eigenvalue weighted by Gasteiger charge is -2.15. The molecule has 19 heavy (non-hydrogen) atoms. The second kappa shape index (κ2) is 7.17. The van der Waals surface area contributed by atoms with Crippen LogP contribution < -0.4 is 5.32 Å². The Morgan fingerprint density at radius 3 is 2.37 bits per heavy atom. The number of anilines is 1. The molecule has 3 heteroatoms. The van der Waals surface area contributed by atoms with Gasteiger partial charge in [0.15, 0.2) is 0 Å². The van der Waals surface area contributed by atoms with Crippen LogP contribution >= 0.6 is 0 Å². The number of ether oxygens (including phenoxy) is 1. The molecule has 0 amide bonds. The van der Waals surface area contributed by atoms with Gasteiger partial charge in [0, 0.05) is 12.2 Å². The van der Waals surface area contributed by atoms with Gasteiger partial charge in [-0.1, -0.05) is 25.7 Å². The van der Waals surface area contributed by atoms with E-state index in [4.69, 9.17) is 0 Å². The molecule has 1 N–H and O–H groups in total. The molecule has 1 aromatic carbocycles. The van der Waals surface area contributed by atoms with Crippen molar-refractivity contribution in [3.8, 4) is 0 Å². The molecule has 0 bridgehead atoms. The summed E-state index contributed by atoms with van der Waals surface area (Å²) in [5.74, 6) is 0.512. The van der Waals surface area contributed by atoms with E-state index in [1.54, 1.807) is 12.1 Å². The zero-order chi connectivity index (χ0) is 13.5. The SMILES string of the molecule is COC(=O)c1ccc(NCC2CCCCCC2)cc1. The van der Waals surface area contributed by atoms with Crippen molar-refractivity contribution in [3.63, 3.8) is 0 Å². The van der Waals surface area contributed by atoms with E-state index in [2.05, 4.69) is 10.1 Å². The molecule has 0 atom stereocenters. The van der Waals surface area contributed by atoms with E-state index in [0.717, 1.165) is 18.2 Å². The van der Waals surface area contributed by atoms with E-state index >= 15 is 0 Å². The highest BCUT2D eigenvalue weighted by Crippen LogP contribution is 2.23. The predicted molar refractivity (Wildman–Crippen MR) is 77.5 cm³/mol. The second-order valence-corrected chi connectivity index (χ2v) is 5.31. The molecule has 1 saturated carbocycles. The Labute approximate surface area is 115 Å². The van der Waals surface area contributed by atoms with Gasteiger partial charge in [0.25, 0.3) is 0 Å². The van der Waals surface area contributed by atoms with E-state index in [1.165, 1.54) is 45.6 Å². The highest BCUT2D eigenvalue weighted by atomic mass is 16.5. The topological polar surface area (TPSA) is 38.3 Å². The fourth-order valence-corrected chi connectivity index (χ4v) is 2.67. The average molecular weight is 261 g/mol. The fraction of sp³-hybridized carbons (Fsp3) is 0.562. The number of carbonyl (C=O) groups is 1. The Morgan fingerprint density at radius 2 is 1.79 bits per heavy atom. The van der Waals surface area contributed by atoms with Gasteiger partial charge in [-0.3, -0.25) is 0 Å². The molecule has 2 rings (SSSR count). The summed E-state index contributed by atoms with van der Waals surface area (Å²) in [6.07, 6.45) is 8.20. The van der Waals surface area contributed by atoms with Crippen molar-refractivity contribution in [2.75, 3.05) is 19.0 Å². The lowest BCUT2D eigenvalue weighted by molar-refractivity contribution is 0.0601. The molecule has 0 unspecified atom stereocenters. The highest BCUT2D eigenvalue weighted by Gasteiger charge is 2.12. The molecular weight excluding hydrogens is 238 g/mol. The van der Waals surface area contributed by atoms with Gasteiger partial charge in [-0.15, -0.1) is 0 Å². The summed E-state index contributed by atoms with van der Waals surface area (Å²) in [4.78, 5) is 11.3. The minimum Gasteiger partial charge on any atom is -0.465 e. The lowest BCUT2D eigenvalue weighted by Crippen LogP contribution is -2.13. The molecule has 1 aliphatic rings. The van der Waals surface area contributed by atoms with Crippen LogP contribution in [-0.4, -0.2) is 19.6 Å². The summed E-state index contributed by atoms with van der Waals surface area (Å²) in [5, 5.41) is 3.47. The van der Waals surface area contributed by atoms with Gasteiger partial charge in [-0.25, -0.2) is 4.79 Å². The molecule has 0 heterocycles. The summed E-state index contributed by atoms with van der Waals surface area (Å²) < 4.78 is 4.69. The van der Waals surface area contributed by atoms with Gasteiger partial charge < -0.3 is 10.1 Å². The van der Waals surface area contributed by atoms with Crippen LogP contribution in [0.25, 0.3) is 0 Å². The van der Waals surface area contributed by atoms with Gasteiger partial charge in [0.2, 0.25) is 0 Å². The van der Waals surface area contributed by atoms with Crippen molar-refractivity contribution < 1.29 is 9.53 Å². The first-order valence-corrected chi connectivity index (χ1v) is 7.22. The zero-order valence-corrected chi connectivity index (χ0v) is 11.7. The van der Waals surface area contributed by atoms with Crippen LogP contribution in [0.5, 0.6) is 0 Å². The third-order valence-corrected chi connectivity index (χ3v) is 3.88. The zero-order valence-electron chi connectivity index (χ0n) is 11.7. The van der Waals surface area contributed by atoms with Gasteiger partial charge in [-0.05, 0) is 43.0 Å². The number of hydrogen-bond acceptors (Lipinski definition) is 3. The standard InChI is InChI=1S/C16H23NO2/c1-19-16(18)14-8-10-15(11-9-14)17-12-13-6-4-2-3-5-7-13/h8-11,13,17H,2-7,12H2,1H3. The molecule has 0 saturated heterocycles. The van der Waals surface area contributed by atoms with Crippen LogP contribution in [0.4, 0.5) is 5.69 Å². The molecule has 1 fully saturated rings. The van der Waals surface area contributed by atoms with Crippen molar-refractivity contribution in [2.24, 2.45) is 5.92 Å². The third-order valence-electron chi connectivity index (χ3n) is 3.88. The number of esters is 1. The van der Waals surface area contributed by atoms with Crippen LogP contribution in [-0.2, 0) is 4.74 Å². The van der Waals surface area contributed by atoms with E-state index in [1.807, 2.05) is 12.1 Å². The maximum atomic E-state index is 11.3. The van der Waals surface area contributed by atoms with Crippen molar-refractivity contribution in [3.05, 3.63) is 29.8 Å². The minimum absolute atomic E-state index is 0.282. The van der Waals surface area contributed by atoms with Gasteiger partial charge >= 0.3 is 5.97 Å². The maximum absolute atomic E-state index is 11.3. The largest absolute Gasteiger partial charge is 0.465 e. The number of rotatable bonds is 4.